The predicted octanol–water partition coefficient (Wildman–Crippen LogP) is 5.63. The van der Waals surface area contributed by atoms with Gasteiger partial charge in [0, 0.05) is 13.0 Å². The van der Waals surface area contributed by atoms with Crippen molar-refractivity contribution in [2.45, 2.75) is 91.0 Å². The van der Waals surface area contributed by atoms with Crippen LogP contribution >= 0.6 is 0 Å². The first-order valence-corrected chi connectivity index (χ1v) is 13.0. The molecular weight excluding hydrogens is 356 g/mol. The van der Waals surface area contributed by atoms with Crippen LogP contribution in [0.4, 0.5) is 0 Å². The number of hydrogen-bond acceptors (Lipinski definition) is 4. The summed E-state index contributed by atoms with van der Waals surface area (Å²) < 4.78 is 10.8. The summed E-state index contributed by atoms with van der Waals surface area (Å²) in [5.74, 6) is -0.148. The third-order valence-corrected chi connectivity index (χ3v) is 10.1. The fraction of sp³-hybridized carbons (Fsp3) is 0.773. The summed E-state index contributed by atoms with van der Waals surface area (Å²) in [5.41, 5.74) is 1.14. The Bertz CT molecular complexity index is 489. The zero-order valence-corrected chi connectivity index (χ0v) is 19.8. The van der Waals surface area contributed by atoms with Crippen LogP contribution in [0.15, 0.2) is 23.8 Å². The third kappa shape index (κ3) is 11.5. The lowest BCUT2D eigenvalue weighted by molar-refractivity contribution is -0.141. The van der Waals surface area contributed by atoms with Gasteiger partial charge in [0.05, 0.1) is 13.2 Å². The molecule has 0 unspecified atom stereocenters. The molecule has 0 rings (SSSR count). The van der Waals surface area contributed by atoms with Crippen molar-refractivity contribution in [1.82, 2.24) is 0 Å². The number of carbonyl (C=O) groups excluding carboxylic acids is 1. The average molecular weight is 399 g/mol. The number of ether oxygens (including phenoxy) is 1. The number of methoxy groups -OCH3 is 1. The fourth-order valence-corrected chi connectivity index (χ4v) is 3.40. The van der Waals surface area contributed by atoms with Crippen molar-refractivity contribution >= 4 is 14.3 Å². The van der Waals surface area contributed by atoms with Crippen molar-refractivity contribution < 1.29 is 19.1 Å². The van der Waals surface area contributed by atoms with E-state index in [0.717, 1.165) is 25.0 Å². The maximum atomic E-state index is 11.2. The molecule has 0 fully saturated rings. The van der Waals surface area contributed by atoms with Gasteiger partial charge in [0.15, 0.2) is 8.32 Å². The second-order valence-electron chi connectivity index (χ2n) is 9.06. The molecule has 4 nitrogen and oxygen atoms in total. The standard InChI is InChI=1S/C22H42O4Si/c1-18(17-20(23)19(2)14-15-21(24)25-6)13-11-9-10-12-16-26-27(7,8)22(3,4)5/h9,11,13,19-20,23H,10,12,14-17H2,1-8H3/b11-9+,18-13+/t19-,20+/m1/s1. The molecule has 0 radical (unpaired) electrons. The third-order valence-electron chi connectivity index (χ3n) is 5.52. The van der Waals surface area contributed by atoms with Crippen LogP contribution in [0, 0.1) is 5.92 Å². The molecule has 158 valence electrons. The quantitative estimate of drug-likeness (QED) is 0.200. The van der Waals surface area contributed by atoms with E-state index in [1.165, 1.54) is 7.11 Å². The maximum absolute atomic E-state index is 11.2. The molecule has 0 bridgehead atoms. The van der Waals surface area contributed by atoms with Gasteiger partial charge in [0.2, 0.25) is 0 Å². The zero-order valence-electron chi connectivity index (χ0n) is 18.8. The van der Waals surface area contributed by atoms with Crippen molar-refractivity contribution in [3.63, 3.8) is 0 Å². The Balaban J connectivity index is 4.11. The summed E-state index contributed by atoms with van der Waals surface area (Å²) in [5, 5.41) is 10.5. The van der Waals surface area contributed by atoms with Gasteiger partial charge >= 0.3 is 5.97 Å². The van der Waals surface area contributed by atoms with Crippen LogP contribution in [0.2, 0.25) is 18.1 Å². The molecule has 0 saturated heterocycles. The van der Waals surface area contributed by atoms with E-state index in [-0.39, 0.29) is 16.9 Å². The highest BCUT2D eigenvalue weighted by Gasteiger charge is 2.36. The molecule has 0 saturated carbocycles. The van der Waals surface area contributed by atoms with Gasteiger partial charge < -0.3 is 14.3 Å². The Morgan fingerprint density at radius 1 is 1.26 bits per heavy atom. The smallest absolute Gasteiger partial charge is 0.305 e. The molecule has 0 spiro atoms. The number of hydrogen-bond donors (Lipinski definition) is 1. The van der Waals surface area contributed by atoms with E-state index in [1.54, 1.807) is 0 Å². The molecule has 0 aromatic heterocycles. The lowest BCUT2D eigenvalue weighted by atomic mass is 9.94. The number of rotatable bonds is 12. The number of carbonyl (C=O) groups is 1. The van der Waals surface area contributed by atoms with Crippen molar-refractivity contribution in [2.24, 2.45) is 5.92 Å². The summed E-state index contributed by atoms with van der Waals surface area (Å²) in [6, 6.07) is 0. The lowest BCUT2D eigenvalue weighted by Gasteiger charge is -2.36. The van der Waals surface area contributed by atoms with Gasteiger partial charge in [-0.25, -0.2) is 0 Å². The lowest BCUT2D eigenvalue weighted by Crippen LogP contribution is -2.40. The second-order valence-corrected chi connectivity index (χ2v) is 13.9. The van der Waals surface area contributed by atoms with Gasteiger partial charge in [-0.1, -0.05) is 51.5 Å². The van der Waals surface area contributed by atoms with E-state index in [0.29, 0.717) is 19.3 Å². The average Bonchev–Trinajstić information content (AvgIpc) is 2.57. The maximum Gasteiger partial charge on any atom is 0.305 e. The minimum absolute atomic E-state index is 0.0731. The first kappa shape index (κ1) is 26.1. The first-order valence-electron chi connectivity index (χ1n) is 10.1. The molecule has 2 atom stereocenters. The number of unbranched alkanes of at least 4 members (excludes halogenated alkanes) is 1. The van der Waals surface area contributed by atoms with E-state index in [4.69, 9.17) is 4.43 Å². The summed E-state index contributed by atoms with van der Waals surface area (Å²) in [6.07, 6.45) is 9.50. The van der Waals surface area contributed by atoms with E-state index >= 15 is 0 Å². The van der Waals surface area contributed by atoms with Gasteiger partial charge in [0.1, 0.15) is 0 Å². The molecular formula is C22H42O4Si. The minimum Gasteiger partial charge on any atom is -0.469 e. The van der Waals surface area contributed by atoms with Gasteiger partial charge in [-0.05, 0) is 56.7 Å². The zero-order chi connectivity index (χ0) is 21.1. The minimum atomic E-state index is -1.63. The van der Waals surface area contributed by atoms with Crippen LogP contribution in [0.5, 0.6) is 0 Å². The molecule has 0 aliphatic heterocycles. The highest BCUT2D eigenvalue weighted by Crippen LogP contribution is 2.36. The van der Waals surface area contributed by atoms with Gasteiger partial charge in [-0.15, -0.1) is 0 Å². The van der Waals surface area contributed by atoms with Crippen LogP contribution < -0.4 is 0 Å². The number of aliphatic hydroxyl groups excluding tert-OH is 1. The Labute approximate surface area is 168 Å². The van der Waals surface area contributed by atoms with E-state index in [1.807, 2.05) is 13.8 Å². The molecule has 27 heavy (non-hydrogen) atoms. The SMILES string of the molecule is COC(=O)CC[C@@H](C)[C@@H](O)C/C(C)=C/C=C/CCCO[Si](C)(C)C(C)(C)C. The number of aliphatic hydroxyl groups is 1. The summed E-state index contributed by atoms with van der Waals surface area (Å²) in [4.78, 5) is 11.2. The van der Waals surface area contributed by atoms with Crippen molar-refractivity contribution in [3.05, 3.63) is 23.8 Å². The van der Waals surface area contributed by atoms with E-state index in [9.17, 15) is 9.90 Å². The highest BCUT2D eigenvalue weighted by atomic mass is 28.4. The summed E-state index contributed by atoms with van der Waals surface area (Å²) in [7, 11) is -0.239. The molecule has 0 aromatic carbocycles. The molecule has 0 aliphatic carbocycles. The van der Waals surface area contributed by atoms with Gasteiger partial charge in [-0.3, -0.25) is 4.79 Å². The molecule has 0 aromatic rings. The summed E-state index contributed by atoms with van der Waals surface area (Å²) in [6.45, 7) is 16.2. The van der Waals surface area contributed by atoms with Gasteiger partial charge in [-0.2, -0.15) is 0 Å². The summed E-state index contributed by atoms with van der Waals surface area (Å²) >= 11 is 0. The molecule has 1 N–H and O–H groups in total. The predicted molar refractivity (Wildman–Crippen MR) is 116 cm³/mol. The second kappa shape index (κ2) is 12.5. The Morgan fingerprint density at radius 3 is 2.44 bits per heavy atom. The van der Waals surface area contributed by atoms with Crippen LogP contribution in [-0.4, -0.2) is 39.2 Å². The normalized spacial score (nSPS) is 15.8. The topological polar surface area (TPSA) is 55.8 Å². The Hall–Kier alpha value is -0.913. The number of esters is 1. The largest absolute Gasteiger partial charge is 0.469 e. The fourth-order valence-electron chi connectivity index (χ4n) is 2.31. The Kier molecular flexibility index (Phi) is 12.1. The van der Waals surface area contributed by atoms with E-state index in [2.05, 4.69) is 56.8 Å². The number of allylic oxidation sites excluding steroid dienone is 3. The highest BCUT2D eigenvalue weighted by molar-refractivity contribution is 6.74. The van der Waals surface area contributed by atoms with Crippen LogP contribution in [-0.2, 0) is 14.0 Å². The van der Waals surface area contributed by atoms with E-state index < -0.39 is 14.4 Å². The first-order chi connectivity index (χ1) is 12.4. The molecule has 0 heterocycles. The van der Waals surface area contributed by atoms with Crippen LogP contribution in [0.3, 0.4) is 0 Å². The molecule has 0 aliphatic rings. The van der Waals surface area contributed by atoms with Crippen molar-refractivity contribution in [3.8, 4) is 0 Å². The van der Waals surface area contributed by atoms with Crippen LogP contribution in [0.1, 0.15) is 66.7 Å². The monoisotopic (exact) mass is 398 g/mol. The molecule has 0 amide bonds. The van der Waals surface area contributed by atoms with Crippen LogP contribution in [0.25, 0.3) is 0 Å². The van der Waals surface area contributed by atoms with Gasteiger partial charge in [0.25, 0.3) is 0 Å². The Morgan fingerprint density at radius 2 is 1.89 bits per heavy atom. The molecule has 5 heteroatoms. The van der Waals surface area contributed by atoms with Crippen molar-refractivity contribution in [1.29, 1.82) is 0 Å². The van der Waals surface area contributed by atoms with Crippen molar-refractivity contribution in [2.75, 3.05) is 13.7 Å².